The molecule has 1 N–H and O–H groups in total. The molecule has 1 atom stereocenters. The van der Waals surface area contributed by atoms with Crippen LogP contribution in [-0.2, 0) is 0 Å². The smallest absolute Gasteiger partial charge is 0.0300 e. The second kappa shape index (κ2) is 8.17. The zero-order valence-corrected chi connectivity index (χ0v) is 13.3. The number of hydrogen-bond donors (Lipinski definition) is 1. The number of halogens is 1. The summed E-state index contributed by atoms with van der Waals surface area (Å²) in [4.78, 5) is 1.41. The van der Waals surface area contributed by atoms with Gasteiger partial charge in [-0.05, 0) is 49.9 Å². The molecule has 96 valence electrons. The molecule has 1 aromatic carbocycles. The summed E-state index contributed by atoms with van der Waals surface area (Å²) in [5.74, 6) is 1.22. The summed E-state index contributed by atoms with van der Waals surface area (Å²) in [5, 5.41) is 3.32. The molecule has 0 fully saturated rings. The molecular weight excluding hydrogens is 294 g/mol. The maximum atomic E-state index is 3.55. The van der Waals surface area contributed by atoms with Crippen molar-refractivity contribution in [2.24, 2.45) is 0 Å². The molecule has 0 saturated carbocycles. The van der Waals surface area contributed by atoms with Crippen molar-refractivity contribution in [1.29, 1.82) is 0 Å². The van der Waals surface area contributed by atoms with Crippen molar-refractivity contribution in [2.75, 3.05) is 12.8 Å². The molecule has 0 bridgehead atoms. The van der Waals surface area contributed by atoms with Gasteiger partial charge in [0.15, 0.2) is 0 Å². The summed E-state index contributed by atoms with van der Waals surface area (Å²) in [7, 11) is 2.01. The summed E-state index contributed by atoms with van der Waals surface area (Å²) in [6, 6.07) is 6.99. The van der Waals surface area contributed by atoms with Crippen LogP contribution >= 0.6 is 27.7 Å². The van der Waals surface area contributed by atoms with E-state index in [9.17, 15) is 0 Å². The number of unbranched alkanes of at least 4 members (excludes halogenated alkanes) is 2. The fourth-order valence-corrected chi connectivity index (χ4v) is 3.19. The molecule has 0 spiro atoms. The van der Waals surface area contributed by atoms with E-state index in [0.29, 0.717) is 6.04 Å². The molecule has 0 aliphatic carbocycles. The van der Waals surface area contributed by atoms with E-state index in [1.165, 1.54) is 35.5 Å². The van der Waals surface area contributed by atoms with Crippen molar-refractivity contribution in [2.45, 2.75) is 44.0 Å². The van der Waals surface area contributed by atoms with Crippen molar-refractivity contribution in [1.82, 2.24) is 5.32 Å². The fraction of sp³-hybridized carbons (Fsp3) is 0.571. The Morgan fingerprint density at radius 2 is 2.12 bits per heavy atom. The highest BCUT2D eigenvalue weighted by Gasteiger charge is 2.09. The van der Waals surface area contributed by atoms with Crippen LogP contribution in [0.1, 0.15) is 44.7 Å². The van der Waals surface area contributed by atoms with Crippen LogP contribution in [0, 0.1) is 0 Å². The number of rotatable bonds is 7. The van der Waals surface area contributed by atoms with Crippen LogP contribution in [0.15, 0.2) is 27.6 Å². The summed E-state index contributed by atoms with van der Waals surface area (Å²) in [6.07, 6.45) is 3.94. The highest BCUT2D eigenvalue weighted by Crippen LogP contribution is 2.30. The molecular formula is C14H22BrNS. The van der Waals surface area contributed by atoms with Crippen LogP contribution in [0.2, 0.25) is 0 Å². The standard InChI is InChI=1S/C14H22BrNS/c1-4-5-6-9-17-14-8-7-12(15)10-13(14)11(2)16-3/h7-8,10-11,16H,4-6,9H2,1-3H3. The van der Waals surface area contributed by atoms with E-state index in [1.54, 1.807) is 0 Å². The van der Waals surface area contributed by atoms with Gasteiger partial charge in [-0.3, -0.25) is 0 Å². The van der Waals surface area contributed by atoms with Gasteiger partial charge in [-0.25, -0.2) is 0 Å². The molecule has 0 heterocycles. The van der Waals surface area contributed by atoms with Crippen molar-refractivity contribution in [3.05, 3.63) is 28.2 Å². The molecule has 0 aromatic heterocycles. The lowest BCUT2D eigenvalue weighted by Crippen LogP contribution is -2.13. The predicted octanol–water partition coefficient (Wildman–Crippen LogP) is 5.01. The van der Waals surface area contributed by atoms with E-state index in [2.05, 4.69) is 53.3 Å². The minimum atomic E-state index is 0.404. The van der Waals surface area contributed by atoms with Gasteiger partial charge in [-0.1, -0.05) is 35.7 Å². The van der Waals surface area contributed by atoms with Crippen LogP contribution in [0.25, 0.3) is 0 Å². The van der Waals surface area contributed by atoms with E-state index >= 15 is 0 Å². The highest BCUT2D eigenvalue weighted by atomic mass is 79.9. The number of benzene rings is 1. The van der Waals surface area contributed by atoms with Crippen LogP contribution in [0.3, 0.4) is 0 Å². The van der Waals surface area contributed by atoms with E-state index in [0.717, 1.165) is 4.47 Å². The normalized spacial score (nSPS) is 12.7. The highest BCUT2D eigenvalue weighted by molar-refractivity contribution is 9.10. The van der Waals surface area contributed by atoms with Crippen LogP contribution < -0.4 is 5.32 Å². The molecule has 0 aliphatic heterocycles. The molecule has 1 aromatic rings. The van der Waals surface area contributed by atoms with Gasteiger partial charge in [0.05, 0.1) is 0 Å². The molecule has 0 amide bonds. The lowest BCUT2D eigenvalue weighted by molar-refractivity contribution is 0.641. The lowest BCUT2D eigenvalue weighted by atomic mass is 10.1. The van der Waals surface area contributed by atoms with Crippen LogP contribution in [0.5, 0.6) is 0 Å². The summed E-state index contributed by atoms with van der Waals surface area (Å²) < 4.78 is 1.16. The minimum absolute atomic E-state index is 0.404. The first-order valence-electron chi connectivity index (χ1n) is 6.28. The molecule has 0 radical (unpaired) electrons. The van der Waals surface area contributed by atoms with Gasteiger partial charge in [0.25, 0.3) is 0 Å². The lowest BCUT2D eigenvalue weighted by Gasteiger charge is -2.16. The van der Waals surface area contributed by atoms with E-state index in [1.807, 2.05) is 18.8 Å². The number of nitrogens with one attached hydrogen (secondary N) is 1. The Labute approximate surface area is 118 Å². The Hall–Kier alpha value is 0.01000. The second-order valence-corrected chi connectivity index (χ2v) is 6.30. The van der Waals surface area contributed by atoms with Gasteiger partial charge >= 0.3 is 0 Å². The summed E-state index contributed by atoms with van der Waals surface area (Å²) in [6.45, 7) is 4.46. The van der Waals surface area contributed by atoms with Crippen molar-refractivity contribution in [3.8, 4) is 0 Å². The zero-order chi connectivity index (χ0) is 12.7. The third-order valence-corrected chi connectivity index (χ3v) is 4.55. The average molecular weight is 316 g/mol. The van der Waals surface area contributed by atoms with Gasteiger partial charge < -0.3 is 5.32 Å². The van der Waals surface area contributed by atoms with Gasteiger partial charge in [0.1, 0.15) is 0 Å². The minimum Gasteiger partial charge on any atom is -0.313 e. The SMILES string of the molecule is CCCCCSc1ccc(Br)cc1C(C)NC. The van der Waals surface area contributed by atoms with Crippen molar-refractivity contribution in [3.63, 3.8) is 0 Å². The van der Waals surface area contributed by atoms with E-state index in [4.69, 9.17) is 0 Å². The Bertz CT molecular complexity index is 341. The Morgan fingerprint density at radius 3 is 2.76 bits per heavy atom. The molecule has 1 nitrogen and oxygen atoms in total. The largest absolute Gasteiger partial charge is 0.313 e. The Morgan fingerprint density at radius 1 is 1.35 bits per heavy atom. The molecule has 17 heavy (non-hydrogen) atoms. The zero-order valence-electron chi connectivity index (χ0n) is 10.9. The maximum Gasteiger partial charge on any atom is 0.0300 e. The van der Waals surface area contributed by atoms with Crippen molar-refractivity contribution >= 4 is 27.7 Å². The van der Waals surface area contributed by atoms with Gasteiger partial charge in [-0.2, -0.15) is 0 Å². The molecule has 3 heteroatoms. The van der Waals surface area contributed by atoms with E-state index in [-0.39, 0.29) is 0 Å². The molecule has 0 aliphatic rings. The molecule has 1 rings (SSSR count). The van der Waals surface area contributed by atoms with Crippen LogP contribution in [0.4, 0.5) is 0 Å². The third kappa shape index (κ3) is 5.02. The number of hydrogen-bond acceptors (Lipinski definition) is 2. The van der Waals surface area contributed by atoms with Gasteiger partial charge in [0.2, 0.25) is 0 Å². The number of thioether (sulfide) groups is 1. The topological polar surface area (TPSA) is 12.0 Å². The predicted molar refractivity (Wildman–Crippen MR) is 81.9 cm³/mol. The van der Waals surface area contributed by atoms with Crippen LogP contribution in [-0.4, -0.2) is 12.8 Å². The first-order chi connectivity index (χ1) is 8.19. The van der Waals surface area contributed by atoms with Crippen molar-refractivity contribution < 1.29 is 0 Å². The first-order valence-corrected chi connectivity index (χ1v) is 8.06. The summed E-state index contributed by atoms with van der Waals surface area (Å²) in [5.41, 5.74) is 1.39. The quantitative estimate of drug-likeness (QED) is 0.560. The van der Waals surface area contributed by atoms with E-state index < -0.39 is 0 Å². The fourth-order valence-electron chi connectivity index (χ4n) is 1.68. The van der Waals surface area contributed by atoms with Gasteiger partial charge in [0, 0.05) is 15.4 Å². The first kappa shape index (κ1) is 15.1. The third-order valence-electron chi connectivity index (χ3n) is 2.88. The Kier molecular flexibility index (Phi) is 7.24. The molecule has 0 saturated heterocycles. The average Bonchev–Trinajstić information content (AvgIpc) is 2.35. The molecule has 1 unspecified atom stereocenters. The summed E-state index contributed by atoms with van der Waals surface area (Å²) >= 11 is 5.53. The second-order valence-electron chi connectivity index (χ2n) is 4.25. The van der Waals surface area contributed by atoms with Gasteiger partial charge in [-0.15, -0.1) is 11.8 Å². The monoisotopic (exact) mass is 315 g/mol. The Balaban J connectivity index is 2.69. The maximum absolute atomic E-state index is 3.55.